The maximum atomic E-state index is 12.0. The minimum atomic E-state index is -0.809. The van der Waals surface area contributed by atoms with Gasteiger partial charge >= 0.3 is 5.97 Å². The molecule has 1 aromatic heterocycles. The van der Waals surface area contributed by atoms with Crippen LogP contribution in [0.25, 0.3) is 6.08 Å². The first-order valence-corrected chi connectivity index (χ1v) is 8.15. The largest absolute Gasteiger partial charge is 0.451 e. The van der Waals surface area contributed by atoms with Crippen molar-refractivity contribution in [1.82, 2.24) is 9.88 Å². The van der Waals surface area contributed by atoms with E-state index in [1.165, 1.54) is 6.08 Å². The lowest BCUT2D eigenvalue weighted by Crippen LogP contribution is -2.29. The molecule has 0 atom stereocenters. The van der Waals surface area contributed by atoms with Crippen molar-refractivity contribution in [3.8, 4) is 6.07 Å². The van der Waals surface area contributed by atoms with Gasteiger partial charge in [-0.2, -0.15) is 5.26 Å². The van der Waals surface area contributed by atoms with Crippen LogP contribution in [0.1, 0.15) is 30.3 Å². The molecule has 0 aliphatic rings. The highest BCUT2D eigenvalue weighted by Crippen LogP contribution is 2.18. The van der Waals surface area contributed by atoms with E-state index in [4.69, 9.17) is 9.47 Å². The molecular weight excluding hydrogens is 322 g/mol. The number of aromatic nitrogens is 1. The maximum absolute atomic E-state index is 12.0. The number of esters is 1. The van der Waals surface area contributed by atoms with Gasteiger partial charge in [-0.05, 0) is 38.0 Å². The lowest BCUT2D eigenvalue weighted by molar-refractivity contribution is -0.144. The first-order chi connectivity index (χ1) is 11.9. The van der Waals surface area contributed by atoms with Crippen LogP contribution < -0.4 is 5.32 Å². The van der Waals surface area contributed by atoms with Crippen molar-refractivity contribution in [3.05, 3.63) is 28.6 Å². The Morgan fingerprint density at radius 3 is 2.72 bits per heavy atom. The zero-order chi connectivity index (χ0) is 18.8. The predicted octanol–water partition coefficient (Wildman–Crippen LogP) is 1.73. The molecule has 136 valence electrons. The van der Waals surface area contributed by atoms with Gasteiger partial charge in [-0.15, -0.1) is 0 Å². The number of rotatable bonds is 9. The maximum Gasteiger partial charge on any atom is 0.349 e. The van der Waals surface area contributed by atoms with Crippen molar-refractivity contribution in [3.63, 3.8) is 0 Å². The summed E-state index contributed by atoms with van der Waals surface area (Å²) >= 11 is 0. The Morgan fingerprint density at radius 2 is 2.12 bits per heavy atom. The van der Waals surface area contributed by atoms with E-state index in [9.17, 15) is 14.9 Å². The van der Waals surface area contributed by atoms with Gasteiger partial charge in [0.1, 0.15) is 11.6 Å². The van der Waals surface area contributed by atoms with E-state index in [1.807, 2.05) is 37.5 Å². The Bertz CT molecular complexity index is 683. The highest BCUT2D eigenvalue weighted by molar-refractivity contribution is 5.99. The highest BCUT2D eigenvalue weighted by atomic mass is 16.5. The first-order valence-electron chi connectivity index (χ1n) is 8.15. The Hall–Kier alpha value is -2.59. The number of nitrogens with one attached hydrogen (secondary N) is 1. The number of nitriles is 1. The van der Waals surface area contributed by atoms with Crippen molar-refractivity contribution >= 4 is 18.0 Å². The van der Waals surface area contributed by atoms with Crippen LogP contribution in [-0.4, -0.2) is 43.3 Å². The van der Waals surface area contributed by atoms with Gasteiger partial charge in [0.05, 0.1) is 6.61 Å². The molecule has 25 heavy (non-hydrogen) atoms. The van der Waals surface area contributed by atoms with Crippen LogP contribution in [0.2, 0.25) is 0 Å². The fraction of sp³-hybridized carbons (Fsp3) is 0.500. The van der Waals surface area contributed by atoms with Crippen LogP contribution in [0, 0.1) is 25.2 Å². The number of hydrogen-bond donors (Lipinski definition) is 1. The minimum Gasteiger partial charge on any atom is -0.451 e. The molecule has 1 rings (SSSR count). The summed E-state index contributed by atoms with van der Waals surface area (Å²) in [6.45, 7) is 7.16. The van der Waals surface area contributed by atoms with Crippen LogP contribution in [-0.2, 0) is 25.6 Å². The molecule has 0 fully saturated rings. The summed E-state index contributed by atoms with van der Waals surface area (Å²) in [6, 6.07) is 3.73. The molecule has 0 radical (unpaired) electrons. The van der Waals surface area contributed by atoms with E-state index < -0.39 is 12.6 Å². The number of carbonyl (C=O) groups is 2. The second-order valence-electron chi connectivity index (χ2n) is 5.57. The lowest BCUT2D eigenvalue weighted by Gasteiger charge is -2.08. The standard InChI is InChI=1S/C18H25N3O4/c1-5-6-20-17(22)12-25-18(23)16(11-19)10-15-9-13(2)21(14(15)3)7-8-24-4/h9-10H,5-8,12H2,1-4H3,(H,20,22). The second-order valence-corrected chi connectivity index (χ2v) is 5.57. The number of nitrogens with zero attached hydrogens (tertiary/aromatic N) is 2. The zero-order valence-corrected chi connectivity index (χ0v) is 15.2. The Kier molecular flexibility index (Phi) is 8.44. The van der Waals surface area contributed by atoms with Crippen molar-refractivity contribution in [2.45, 2.75) is 33.7 Å². The van der Waals surface area contributed by atoms with Crippen LogP contribution in [0.5, 0.6) is 0 Å². The molecule has 1 heterocycles. The molecule has 0 saturated heterocycles. The first kappa shape index (κ1) is 20.5. The fourth-order valence-corrected chi connectivity index (χ4v) is 2.32. The number of methoxy groups -OCH3 is 1. The molecule has 0 spiro atoms. The normalized spacial score (nSPS) is 11.1. The molecule has 0 aliphatic heterocycles. The van der Waals surface area contributed by atoms with Crippen molar-refractivity contribution < 1.29 is 19.1 Å². The summed E-state index contributed by atoms with van der Waals surface area (Å²) in [4.78, 5) is 23.5. The van der Waals surface area contributed by atoms with E-state index in [-0.39, 0.29) is 11.5 Å². The predicted molar refractivity (Wildman–Crippen MR) is 93.6 cm³/mol. The molecule has 1 amide bonds. The number of amides is 1. The van der Waals surface area contributed by atoms with Crippen LogP contribution >= 0.6 is 0 Å². The third-order valence-corrected chi connectivity index (χ3v) is 3.68. The molecule has 0 unspecified atom stereocenters. The quantitative estimate of drug-likeness (QED) is 0.417. The van der Waals surface area contributed by atoms with Crippen molar-refractivity contribution in [2.75, 3.05) is 26.9 Å². The van der Waals surface area contributed by atoms with Gasteiger partial charge in [-0.3, -0.25) is 4.79 Å². The summed E-state index contributed by atoms with van der Waals surface area (Å²) < 4.78 is 12.0. The highest BCUT2D eigenvalue weighted by Gasteiger charge is 2.15. The average molecular weight is 347 g/mol. The van der Waals surface area contributed by atoms with E-state index in [1.54, 1.807) is 7.11 Å². The molecule has 1 N–H and O–H groups in total. The van der Waals surface area contributed by atoms with Crippen molar-refractivity contribution in [2.24, 2.45) is 0 Å². The van der Waals surface area contributed by atoms with Crippen LogP contribution in [0.3, 0.4) is 0 Å². The molecule has 0 aliphatic carbocycles. The fourth-order valence-electron chi connectivity index (χ4n) is 2.32. The molecular formula is C18H25N3O4. The zero-order valence-electron chi connectivity index (χ0n) is 15.2. The third kappa shape index (κ3) is 6.08. The molecule has 1 aromatic rings. The number of hydrogen-bond acceptors (Lipinski definition) is 5. The smallest absolute Gasteiger partial charge is 0.349 e. The second kappa shape index (κ2) is 10.3. The van der Waals surface area contributed by atoms with Gasteiger partial charge in [-0.25, -0.2) is 4.79 Å². The van der Waals surface area contributed by atoms with E-state index >= 15 is 0 Å². The van der Waals surface area contributed by atoms with Gasteiger partial charge in [0.15, 0.2) is 6.61 Å². The van der Waals surface area contributed by atoms with E-state index in [2.05, 4.69) is 5.32 Å². The Balaban J connectivity index is 2.84. The average Bonchev–Trinajstić information content (AvgIpc) is 2.87. The number of carbonyl (C=O) groups excluding carboxylic acids is 2. The summed E-state index contributed by atoms with van der Waals surface area (Å²) in [5, 5.41) is 11.8. The Labute approximate surface area is 148 Å². The monoisotopic (exact) mass is 347 g/mol. The minimum absolute atomic E-state index is 0.143. The molecule has 7 heteroatoms. The van der Waals surface area contributed by atoms with E-state index in [0.29, 0.717) is 19.7 Å². The van der Waals surface area contributed by atoms with E-state index in [0.717, 1.165) is 23.4 Å². The molecule has 0 bridgehead atoms. The lowest BCUT2D eigenvalue weighted by atomic mass is 10.1. The molecule has 0 saturated carbocycles. The number of ether oxygens (including phenoxy) is 2. The SMILES string of the molecule is CCCNC(=O)COC(=O)C(C#N)=Cc1cc(C)n(CCOC)c1C. The molecule has 0 aromatic carbocycles. The topological polar surface area (TPSA) is 93.4 Å². The summed E-state index contributed by atoms with van der Waals surface area (Å²) in [6.07, 6.45) is 2.28. The Morgan fingerprint density at radius 1 is 1.40 bits per heavy atom. The van der Waals surface area contributed by atoms with Gasteiger partial charge in [0.25, 0.3) is 5.91 Å². The summed E-state index contributed by atoms with van der Waals surface area (Å²) in [5.41, 5.74) is 2.55. The van der Waals surface area contributed by atoms with Crippen LogP contribution in [0.4, 0.5) is 0 Å². The van der Waals surface area contributed by atoms with Crippen LogP contribution in [0.15, 0.2) is 11.6 Å². The van der Waals surface area contributed by atoms with Gasteiger partial charge in [-0.1, -0.05) is 6.92 Å². The summed E-state index contributed by atoms with van der Waals surface area (Å²) in [5.74, 6) is -1.19. The van der Waals surface area contributed by atoms with Gasteiger partial charge in [0.2, 0.25) is 0 Å². The molecule has 7 nitrogen and oxygen atoms in total. The summed E-state index contributed by atoms with van der Waals surface area (Å²) in [7, 11) is 1.63. The van der Waals surface area contributed by atoms with Gasteiger partial charge in [0, 0.05) is 31.6 Å². The number of aryl methyl sites for hydroxylation is 1. The third-order valence-electron chi connectivity index (χ3n) is 3.68. The van der Waals surface area contributed by atoms with Crippen molar-refractivity contribution in [1.29, 1.82) is 5.26 Å². The van der Waals surface area contributed by atoms with Gasteiger partial charge < -0.3 is 19.4 Å².